The summed E-state index contributed by atoms with van der Waals surface area (Å²) in [5, 5.41) is 2.93. The summed E-state index contributed by atoms with van der Waals surface area (Å²) in [4.78, 5) is 16.3. The summed E-state index contributed by atoms with van der Waals surface area (Å²) >= 11 is 0. The van der Waals surface area contributed by atoms with Gasteiger partial charge in [0.25, 0.3) is 5.91 Å². The van der Waals surface area contributed by atoms with Crippen LogP contribution < -0.4 is 11.1 Å². The van der Waals surface area contributed by atoms with Crippen molar-refractivity contribution >= 4 is 11.7 Å². The minimum Gasteiger partial charge on any atom is -0.384 e. The van der Waals surface area contributed by atoms with E-state index in [1.54, 1.807) is 12.1 Å². The van der Waals surface area contributed by atoms with Crippen LogP contribution in [0, 0.1) is 0 Å². The van der Waals surface area contributed by atoms with Gasteiger partial charge in [0, 0.05) is 17.8 Å². The van der Waals surface area contributed by atoms with Crippen molar-refractivity contribution < 1.29 is 4.79 Å². The molecule has 0 aliphatic rings. The molecule has 4 nitrogen and oxygen atoms in total. The molecule has 0 unspecified atom stereocenters. The minimum absolute atomic E-state index is 0.0909. The van der Waals surface area contributed by atoms with Crippen LogP contribution in [0.15, 0.2) is 42.5 Å². The second kappa shape index (κ2) is 7.43. The zero-order valence-electron chi connectivity index (χ0n) is 12.3. The molecule has 0 atom stereocenters. The summed E-state index contributed by atoms with van der Waals surface area (Å²) in [7, 11) is 0. The highest BCUT2D eigenvalue weighted by molar-refractivity contribution is 5.94. The zero-order chi connectivity index (χ0) is 15.1. The molecule has 1 aromatic carbocycles. The number of hydrogen-bond donors (Lipinski definition) is 2. The molecule has 0 saturated heterocycles. The number of amides is 1. The maximum absolute atomic E-state index is 12.1. The highest BCUT2D eigenvalue weighted by atomic mass is 16.1. The van der Waals surface area contributed by atoms with E-state index in [0.717, 1.165) is 25.0 Å². The lowest BCUT2D eigenvalue weighted by molar-refractivity contribution is 0.0953. The van der Waals surface area contributed by atoms with E-state index in [1.165, 1.54) is 5.56 Å². The second-order valence-corrected chi connectivity index (χ2v) is 4.97. The predicted molar refractivity (Wildman–Crippen MR) is 85.1 cm³/mol. The summed E-state index contributed by atoms with van der Waals surface area (Å²) in [6.45, 7) is 2.64. The molecule has 0 bridgehead atoms. The van der Waals surface area contributed by atoms with Gasteiger partial charge in [-0.1, -0.05) is 37.3 Å². The normalized spacial score (nSPS) is 10.3. The number of aromatic nitrogens is 1. The molecule has 4 heteroatoms. The van der Waals surface area contributed by atoms with Crippen LogP contribution in [0.5, 0.6) is 0 Å². The van der Waals surface area contributed by atoms with E-state index in [0.29, 0.717) is 17.9 Å². The largest absolute Gasteiger partial charge is 0.384 e. The monoisotopic (exact) mass is 283 g/mol. The van der Waals surface area contributed by atoms with E-state index in [2.05, 4.69) is 22.4 Å². The van der Waals surface area contributed by atoms with Gasteiger partial charge in [-0.05, 0) is 37.0 Å². The number of hydrogen-bond acceptors (Lipinski definition) is 3. The van der Waals surface area contributed by atoms with E-state index >= 15 is 0 Å². The molecule has 1 amide bonds. The van der Waals surface area contributed by atoms with E-state index in [9.17, 15) is 4.79 Å². The number of carbonyl (C=O) groups is 1. The Kier molecular flexibility index (Phi) is 5.32. The molecule has 0 spiro atoms. The summed E-state index contributed by atoms with van der Waals surface area (Å²) in [6, 6.07) is 13.7. The number of pyridine rings is 1. The number of nitrogens with one attached hydrogen (secondary N) is 1. The first-order valence-corrected chi connectivity index (χ1v) is 7.27. The third-order valence-electron chi connectivity index (χ3n) is 3.29. The predicted octanol–water partition coefficient (Wildman–Crippen LogP) is 2.59. The number of aryl methyl sites for hydroxylation is 2. The van der Waals surface area contributed by atoms with Gasteiger partial charge in [0.05, 0.1) is 0 Å². The van der Waals surface area contributed by atoms with Gasteiger partial charge in [-0.2, -0.15) is 0 Å². The smallest absolute Gasteiger partial charge is 0.251 e. The zero-order valence-corrected chi connectivity index (χ0v) is 12.3. The maximum Gasteiger partial charge on any atom is 0.251 e. The van der Waals surface area contributed by atoms with Gasteiger partial charge in [-0.25, -0.2) is 4.98 Å². The van der Waals surface area contributed by atoms with E-state index < -0.39 is 0 Å². The number of nitrogens with two attached hydrogens (primary N) is 1. The van der Waals surface area contributed by atoms with Crippen LogP contribution in [-0.2, 0) is 12.8 Å². The van der Waals surface area contributed by atoms with Gasteiger partial charge >= 0.3 is 0 Å². The van der Waals surface area contributed by atoms with Crippen molar-refractivity contribution in [3.05, 3.63) is 59.3 Å². The third kappa shape index (κ3) is 4.60. The molecule has 0 saturated carbocycles. The van der Waals surface area contributed by atoms with Crippen LogP contribution in [0.1, 0.15) is 35.0 Å². The first kappa shape index (κ1) is 15.0. The lowest BCUT2D eigenvalue weighted by Crippen LogP contribution is -2.25. The topological polar surface area (TPSA) is 68.0 Å². The maximum atomic E-state index is 12.1. The number of nitrogens with zero attached hydrogens (tertiary/aromatic N) is 1. The van der Waals surface area contributed by atoms with Crippen molar-refractivity contribution in [2.45, 2.75) is 26.2 Å². The molecule has 1 aromatic heterocycles. The number of benzene rings is 1. The van der Waals surface area contributed by atoms with Crippen LogP contribution in [0.25, 0.3) is 0 Å². The summed E-state index contributed by atoms with van der Waals surface area (Å²) in [6.07, 6.45) is 2.64. The van der Waals surface area contributed by atoms with Crippen LogP contribution in [0.3, 0.4) is 0 Å². The lowest BCUT2D eigenvalue weighted by Gasteiger charge is -2.07. The van der Waals surface area contributed by atoms with Gasteiger partial charge in [0.15, 0.2) is 0 Å². The van der Waals surface area contributed by atoms with Crippen molar-refractivity contribution in [3.8, 4) is 0 Å². The SMILES string of the molecule is CCc1cc(C(=O)NCCCc2ccccc2)cc(N)n1. The van der Waals surface area contributed by atoms with Gasteiger partial charge in [-0.15, -0.1) is 0 Å². The van der Waals surface area contributed by atoms with Crippen molar-refractivity contribution in [1.82, 2.24) is 10.3 Å². The van der Waals surface area contributed by atoms with Crippen LogP contribution >= 0.6 is 0 Å². The van der Waals surface area contributed by atoms with Crippen LogP contribution in [0.4, 0.5) is 5.82 Å². The summed E-state index contributed by atoms with van der Waals surface area (Å²) < 4.78 is 0. The quantitative estimate of drug-likeness (QED) is 0.801. The van der Waals surface area contributed by atoms with Crippen LogP contribution in [0.2, 0.25) is 0 Å². The molecule has 110 valence electrons. The number of nitrogen functional groups attached to an aromatic ring is 1. The van der Waals surface area contributed by atoms with Gasteiger partial charge in [-0.3, -0.25) is 4.79 Å². The molecule has 0 radical (unpaired) electrons. The molecule has 3 N–H and O–H groups in total. The molecule has 0 fully saturated rings. The highest BCUT2D eigenvalue weighted by Gasteiger charge is 2.07. The average Bonchev–Trinajstić information content (AvgIpc) is 2.51. The molecule has 0 aliphatic heterocycles. The highest BCUT2D eigenvalue weighted by Crippen LogP contribution is 2.08. The number of carbonyl (C=O) groups excluding carboxylic acids is 1. The Morgan fingerprint density at radius 3 is 2.71 bits per heavy atom. The van der Waals surface area contributed by atoms with Gasteiger partial charge in [0.1, 0.15) is 5.82 Å². The van der Waals surface area contributed by atoms with E-state index in [-0.39, 0.29) is 5.91 Å². The molecule has 2 rings (SSSR count). The number of anilines is 1. The fraction of sp³-hybridized carbons (Fsp3) is 0.294. The Bertz CT molecular complexity index is 596. The Labute approximate surface area is 125 Å². The Hall–Kier alpha value is -2.36. The van der Waals surface area contributed by atoms with Crippen molar-refractivity contribution in [2.75, 3.05) is 12.3 Å². The first-order chi connectivity index (χ1) is 10.2. The molecular formula is C17H21N3O. The molecular weight excluding hydrogens is 262 g/mol. The fourth-order valence-electron chi connectivity index (χ4n) is 2.16. The van der Waals surface area contributed by atoms with Crippen molar-refractivity contribution in [1.29, 1.82) is 0 Å². The van der Waals surface area contributed by atoms with E-state index in [4.69, 9.17) is 5.73 Å². The molecule has 0 aliphatic carbocycles. The fourth-order valence-corrected chi connectivity index (χ4v) is 2.16. The van der Waals surface area contributed by atoms with Gasteiger partial charge < -0.3 is 11.1 Å². The Morgan fingerprint density at radius 1 is 1.24 bits per heavy atom. The van der Waals surface area contributed by atoms with Crippen LogP contribution in [-0.4, -0.2) is 17.4 Å². The molecule has 21 heavy (non-hydrogen) atoms. The summed E-state index contributed by atoms with van der Waals surface area (Å²) in [5.74, 6) is 0.302. The Morgan fingerprint density at radius 2 is 2.00 bits per heavy atom. The second-order valence-electron chi connectivity index (χ2n) is 4.97. The van der Waals surface area contributed by atoms with Crippen molar-refractivity contribution in [3.63, 3.8) is 0 Å². The molecule has 1 heterocycles. The Balaban J connectivity index is 1.83. The number of rotatable bonds is 6. The standard InChI is InChI=1S/C17H21N3O/c1-2-15-11-14(12-16(18)20-15)17(21)19-10-6-9-13-7-4-3-5-8-13/h3-5,7-8,11-12H,2,6,9-10H2,1H3,(H2,18,20)(H,19,21). The average molecular weight is 283 g/mol. The molecule has 2 aromatic rings. The van der Waals surface area contributed by atoms with E-state index in [1.807, 2.05) is 25.1 Å². The minimum atomic E-state index is -0.0909. The lowest BCUT2D eigenvalue weighted by atomic mass is 10.1. The summed E-state index contributed by atoms with van der Waals surface area (Å²) in [5.41, 5.74) is 8.42. The first-order valence-electron chi connectivity index (χ1n) is 7.27. The third-order valence-corrected chi connectivity index (χ3v) is 3.29. The van der Waals surface area contributed by atoms with Crippen molar-refractivity contribution in [2.24, 2.45) is 0 Å². The van der Waals surface area contributed by atoms with Gasteiger partial charge in [0.2, 0.25) is 0 Å².